The van der Waals surface area contributed by atoms with Crippen molar-refractivity contribution in [3.05, 3.63) is 62.7 Å². The minimum atomic E-state index is -0.254. The lowest BCUT2D eigenvalue weighted by Crippen LogP contribution is -2.33. The van der Waals surface area contributed by atoms with Crippen LogP contribution < -0.4 is 10.6 Å². The van der Waals surface area contributed by atoms with Crippen molar-refractivity contribution in [1.29, 1.82) is 0 Å². The van der Waals surface area contributed by atoms with Crippen molar-refractivity contribution in [1.82, 2.24) is 5.32 Å². The molecule has 0 spiro atoms. The molecule has 0 heterocycles. The van der Waals surface area contributed by atoms with Crippen molar-refractivity contribution in [3.63, 3.8) is 0 Å². The average Bonchev–Trinajstić information content (AvgIpc) is 2.48. The molecule has 0 aliphatic carbocycles. The van der Waals surface area contributed by atoms with Gasteiger partial charge in [-0.15, -0.1) is 0 Å². The average molecular weight is 408 g/mol. The number of carbonyl (C=O) groups is 2. The van der Waals surface area contributed by atoms with E-state index in [-0.39, 0.29) is 18.4 Å². The van der Waals surface area contributed by atoms with Crippen molar-refractivity contribution < 1.29 is 9.59 Å². The van der Waals surface area contributed by atoms with E-state index in [2.05, 4.69) is 33.2 Å². The zero-order valence-corrected chi connectivity index (χ0v) is 14.6. The maximum atomic E-state index is 12.0. The van der Waals surface area contributed by atoms with Crippen LogP contribution in [-0.4, -0.2) is 18.4 Å². The first-order valence-corrected chi connectivity index (χ1v) is 7.95. The van der Waals surface area contributed by atoms with Crippen LogP contribution in [0.1, 0.15) is 21.5 Å². The Morgan fingerprint density at radius 2 is 1.68 bits per heavy atom. The highest BCUT2D eigenvalue weighted by molar-refractivity contribution is 14.1. The van der Waals surface area contributed by atoms with Gasteiger partial charge in [-0.25, -0.2) is 0 Å². The van der Waals surface area contributed by atoms with E-state index in [1.54, 1.807) is 12.1 Å². The fourth-order valence-electron chi connectivity index (χ4n) is 2.09. The van der Waals surface area contributed by atoms with Crippen LogP contribution in [0.25, 0.3) is 0 Å². The molecule has 4 nitrogen and oxygen atoms in total. The molecule has 0 saturated heterocycles. The van der Waals surface area contributed by atoms with Crippen molar-refractivity contribution >= 4 is 40.1 Å². The van der Waals surface area contributed by atoms with E-state index in [1.165, 1.54) is 0 Å². The van der Waals surface area contributed by atoms with Gasteiger partial charge in [-0.3, -0.25) is 9.59 Å². The molecule has 114 valence electrons. The summed E-state index contributed by atoms with van der Waals surface area (Å²) in [5.74, 6) is -0.494. The number of hydrogen-bond acceptors (Lipinski definition) is 2. The predicted octanol–water partition coefficient (Wildman–Crippen LogP) is 3.28. The summed E-state index contributed by atoms with van der Waals surface area (Å²) in [6.07, 6.45) is 0. The molecule has 0 aliphatic rings. The summed E-state index contributed by atoms with van der Waals surface area (Å²) in [6, 6.07) is 13.0. The van der Waals surface area contributed by atoms with E-state index in [4.69, 9.17) is 0 Å². The van der Waals surface area contributed by atoms with Gasteiger partial charge in [0.25, 0.3) is 5.91 Å². The number of halogens is 1. The smallest absolute Gasteiger partial charge is 0.251 e. The second kappa shape index (κ2) is 7.40. The first-order chi connectivity index (χ1) is 10.5. The van der Waals surface area contributed by atoms with E-state index in [9.17, 15) is 9.59 Å². The van der Waals surface area contributed by atoms with Gasteiger partial charge in [0.2, 0.25) is 5.91 Å². The van der Waals surface area contributed by atoms with E-state index in [0.717, 1.165) is 20.4 Å². The summed E-state index contributed by atoms with van der Waals surface area (Å²) in [4.78, 5) is 24.0. The molecule has 0 atom stereocenters. The quantitative estimate of drug-likeness (QED) is 0.764. The molecule has 2 N–H and O–H groups in total. The molecule has 2 rings (SSSR count). The van der Waals surface area contributed by atoms with E-state index in [0.29, 0.717) is 5.56 Å². The van der Waals surface area contributed by atoms with Gasteiger partial charge < -0.3 is 10.6 Å². The highest BCUT2D eigenvalue weighted by Crippen LogP contribution is 2.19. The number of hydrogen-bond donors (Lipinski definition) is 2. The Morgan fingerprint density at radius 3 is 2.32 bits per heavy atom. The van der Waals surface area contributed by atoms with Crippen molar-refractivity contribution in [2.75, 3.05) is 11.9 Å². The minimum absolute atomic E-state index is 0.0575. The third kappa shape index (κ3) is 4.30. The maximum absolute atomic E-state index is 12.0. The summed E-state index contributed by atoms with van der Waals surface area (Å²) < 4.78 is 0.977. The molecule has 0 fully saturated rings. The first kappa shape index (κ1) is 16.5. The van der Waals surface area contributed by atoms with Crippen LogP contribution in [0, 0.1) is 17.4 Å². The van der Waals surface area contributed by atoms with Gasteiger partial charge in [0.05, 0.1) is 6.54 Å². The van der Waals surface area contributed by atoms with Crippen molar-refractivity contribution in [3.8, 4) is 0 Å². The summed E-state index contributed by atoms with van der Waals surface area (Å²) in [5, 5.41) is 5.47. The molecule has 0 radical (unpaired) electrons. The first-order valence-electron chi connectivity index (χ1n) is 6.87. The van der Waals surface area contributed by atoms with E-state index in [1.807, 2.05) is 44.2 Å². The lowest BCUT2D eigenvalue weighted by atomic mass is 10.1. The van der Waals surface area contributed by atoms with Crippen LogP contribution in [0.2, 0.25) is 0 Å². The fourth-order valence-corrected chi connectivity index (χ4v) is 2.63. The third-order valence-corrected chi connectivity index (χ3v) is 3.91. The number of amides is 2. The molecule has 0 bridgehead atoms. The highest BCUT2D eigenvalue weighted by Gasteiger charge is 2.10. The zero-order chi connectivity index (χ0) is 16.1. The molecule has 22 heavy (non-hydrogen) atoms. The Bertz CT molecular complexity index is 693. The topological polar surface area (TPSA) is 58.2 Å². The second-order valence-corrected chi connectivity index (χ2v) is 6.25. The Kier molecular flexibility index (Phi) is 5.54. The molecular formula is C17H17IN2O2. The van der Waals surface area contributed by atoms with Gasteiger partial charge in [0, 0.05) is 14.8 Å². The SMILES string of the molecule is Cc1cccc(C)c1NC(=O)CNC(=O)c1cccc(I)c1. The molecule has 2 aromatic carbocycles. The van der Waals surface area contributed by atoms with Crippen molar-refractivity contribution in [2.24, 2.45) is 0 Å². The van der Waals surface area contributed by atoms with Crippen molar-refractivity contribution in [2.45, 2.75) is 13.8 Å². The predicted molar refractivity (Wildman–Crippen MR) is 96.0 cm³/mol. The van der Waals surface area contributed by atoms with Crippen LogP contribution in [-0.2, 0) is 4.79 Å². The highest BCUT2D eigenvalue weighted by atomic mass is 127. The fraction of sp³-hybridized carbons (Fsp3) is 0.176. The lowest BCUT2D eigenvalue weighted by molar-refractivity contribution is -0.115. The summed E-state index contributed by atoms with van der Waals surface area (Å²) in [7, 11) is 0. The summed E-state index contributed by atoms with van der Waals surface area (Å²) >= 11 is 2.14. The molecule has 0 aliphatic heterocycles. The number of rotatable bonds is 4. The standard InChI is InChI=1S/C17H17IN2O2/c1-11-5-3-6-12(2)16(11)20-15(21)10-19-17(22)13-7-4-8-14(18)9-13/h3-9H,10H2,1-2H3,(H,19,22)(H,20,21). The summed E-state index contributed by atoms with van der Waals surface area (Å²) in [6.45, 7) is 3.82. The van der Waals surface area contributed by atoms with Gasteiger partial charge in [-0.1, -0.05) is 24.3 Å². The van der Waals surface area contributed by atoms with Crippen LogP contribution in [0.15, 0.2) is 42.5 Å². The normalized spacial score (nSPS) is 10.1. The van der Waals surface area contributed by atoms with Gasteiger partial charge in [0.1, 0.15) is 0 Å². The molecule has 2 aromatic rings. The molecular weight excluding hydrogens is 391 g/mol. The monoisotopic (exact) mass is 408 g/mol. The Labute approximate surface area is 143 Å². The molecule has 0 aromatic heterocycles. The van der Waals surface area contributed by atoms with Gasteiger partial charge in [-0.05, 0) is 65.8 Å². The Hall–Kier alpha value is -1.89. The van der Waals surface area contributed by atoms with E-state index < -0.39 is 0 Å². The Morgan fingerprint density at radius 1 is 1.05 bits per heavy atom. The molecule has 0 unspecified atom stereocenters. The number of anilines is 1. The lowest BCUT2D eigenvalue weighted by Gasteiger charge is -2.12. The largest absolute Gasteiger partial charge is 0.343 e. The number of nitrogens with one attached hydrogen (secondary N) is 2. The van der Waals surface area contributed by atoms with Crippen LogP contribution in [0.5, 0.6) is 0 Å². The molecule has 5 heteroatoms. The van der Waals surface area contributed by atoms with E-state index >= 15 is 0 Å². The Balaban J connectivity index is 1.94. The van der Waals surface area contributed by atoms with Gasteiger partial charge >= 0.3 is 0 Å². The zero-order valence-electron chi connectivity index (χ0n) is 12.4. The number of benzene rings is 2. The number of aryl methyl sites for hydroxylation is 2. The summed E-state index contributed by atoms with van der Waals surface area (Å²) in [5.41, 5.74) is 3.34. The maximum Gasteiger partial charge on any atom is 0.251 e. The number of para-hydroxylation sites is 1. The number of carbonyl (C=O) groups excluding carboxylic acids is 2. The molecule has 2 amide bonds. The van der Waals surface area contributed by atoms with Crippen LogP contribution in [0.3, 0.4) is 0 Å². The van der Waals surface area contributed by atoms with Gasteiger partial charge in [-0.2, -0.15) is 0 Å². The minimum Gasteiger partial charge on any atom is -0.343 e. The third-order valence-electron chi connectivity index (χ3n) is 3.24. The second-order valence-electron chi connectivity index (χ2n) is 5.01. The molecule has 0 saturated carbocycles. The van der Waals surface area contributed by atoms with Gasteiger partial charge in [0.15, 0.2) is 0 Å². The van der Waals surface area contributed by atoms with Crippen LogP contribution >= 0.6 is 22.6 Å². The van der Waals surface area contributed by atoms with Crippen LogP contribution in [0.4, 0.5) is 5.69 Å².